The average molecular weight is 273 g/mol. The lowest BCUT2D eigenvalue weighted by Crippen LogP contribution is -2.44. The Morgan fingerprint density at radius 2 is 2.00 bits per heavy atom. The standard InChI is InChI=1S/C14H27NO2S/c1-4-17-14(16)13(15-11(2)3)10-18-12-8-6-5-7-9-12/h11-13,15H,4-10H2,1-3H3. The lowest BCUT2D eigenvalue weighted by molar-refractivity contribution is -0.145. The number of nitrogens with one attached hydrogen (secondary N) is 1. The molecule has 0 heterocycles. The van der Waals surface area contributed by atoms with Gasteiger partial charge in [-0.25, -0.2) is 0 Å². The number of carbonyl (C=O) groups excluding carboxylic acids is 1. The summed E-state index contributed by atoms with van der Waals surface area (Å²) in [7, 11) is 0. The largest absolute Gasteiger partial charge is 0.465 e. The maximum Gasteiger partial charge on any atom is 0.323 e. The van der Waals surface area contributed by atoms with Crippen molar-refractivity contribution < 1.29 is 9.53 Å². The van der Waals surface area contributed by atoms with Gasteiger partial charge in [0, 0.05) is 17.0 Å². The summed E-state index contributed by atoms with van der Waals surface area (Å²) in [4.78, 5) is 11.9. The van der Waals surface area contributed by atoms with E-state index in [1.807, 2.05) is 18.7 Å². The lowest BCUT2D eigenvalue weighted by atomic mass is 10.0. The van der Waals surface area contributed by atoms with Crippen LogP contribution in [0.4, 0.5) is 0 Å². The molecule has 1 aliphatic carbocycles. The first kappa shape index (κ1) is 15.8. The topological polar surface area (TPSA) is 38.3 Å². The summed E-state index contributed by atoms with van der Waals surface area (Å²) in [5.41, 5.74) is 0. The molecule has 4 heteroatoms. The maximum absolute atomic E-state index is 11.9. The Kier molecular flexibility index (Phi) is 7.75. The normalized spacial score (nSPS) is 18.9. The highest BCUT2D eigenvalue weighted by atomic mass is 32.2. The highest BCUT2D eigenvalue weighted by Gasteiger charge is 2.23. The van der Waals surface area contributed by atoms with E-state index in [0.29, 0.717) is 12.6 Å². The van der Waals surface area contributed by atoms with Gasteiger partial charge in [0.15, 0.2) is 0 Å². The van der Waals surface area contributed by atoms with Crippen molar-refractivity contribution in [1.82, 2.24) is 5.32 Å². The number of ether oxygens (including phenoxy) is 1. The van der Waals surface area contributed by atoms with Gasteiger partial charge in [-0.2, -0.15) is 11.8 Å². The number of carbonyl (C=O) groups is 1. The monoisotopic (exact) mass is 273 g/mol. The number of hydrogen-bond donors (Lipinski definition) is 1. The van der Waals surface area contributed by atoms with E-state index in [9.17, 15) is 4.79 Å². The van der Waals surface area contributed by atoms with Gasteiger partial charge in [0.05, 0.1) is 6.61 Å². The number of hydrogen-bond acceptors (Lipinski definition) is 4. The fraction of sp³-hybridized carbons (Fsp3) is 0.929. The fourth-order valence-corrected chi connectivity index (χ4v) is 3.66. The highest BCUT2D eigenvalue weighted by molar-refractivity contribution is 7.99. The summed E-state index contributed by atoms with van der Waals surface area (Å²) in [5, 5.41) is 4.05. The Hall–Kier alpha value is -0.220. The molecule has 3 nitrogen and oxygen atoms in total. The van der Waals surface area contributed by atoms with Crippen molar-refractivity contribution in [2.75, 3.05) is 12.4 Å². The van der Waals surface area contributed by atoms with E-state index >= 15 is 0 Å². The first-order valence-corrected chi connectivity index (χ1v) is 8.22. The zero-order valence-electron chi connectivity index (χ0n) is 11.9. The molecule has 106 valence electrons. The summed E-state index contributed by atoms with van der Waals surface area (Å²) < 4.78 is 5.13. The van der Waals surface area contributed by atoms with Gasteiger partial charge < -0.3 is 10.1 Å². The summed E-state index contributed by atoms with van der Waals surface area (Å²) in [6.07, 6.45) is 6.69. The molecule has 18 heavy (non-hydrogen) atoms. The van der Waals surface area contributed by atoms with Crippen LogP contribution in [0.5, 0.6) is 0 Å². The van der Waals surface area contributed by atoms with Crippen molar-refractivity contribution in [3.8, 4) is 0 Å². The van der Waals surface area contributed by atoms with Crippen LogP contribution in [-0.2, 0) is 9.53 Å². The van der Waals surface area contributed by atoms with E-state index in [1.54, 1.807) is 0 Å². The predicted octanol–water partition coefficient (Wildman–Crippen LogP) is 2.98. The third-order valence-electron chi connectivity index (χ3n) is 3.16. The second kappa shape index (κ2) is 8.81. The first-order valence-electron chi connectivity index (χ1n) is 7.17. The molecule has 0 aromatic heterocycles. The fourth-order valence-electron chi connectivity index (χ4n) is 2.29. The zero-order valence-corrected chi connectivity index (χ0v) is 12.7. The molecule has 0 aliphatic heterocycles. The molecule has 0 amide bonds. The van der Waals surface area contributed by atoms with Crippen LogP contribution in [0.2, 0.25) is 0 Å². The molecular weight excluding hydrogens is 246 g/mol. The van der Waals surface area contributed by atoms with Gasteiger partial charge in [0.2, 0.25) is 0 Å². The van der Waals surface area contributed by atoms with Crippen LogP contribution < -0.4 is 5.32 Å². The van der Waals surface area contributed by atoms with Crippen molar-refractivity contribution in [3.05, 3.63) is 0 Å². The second-order valence-corrected chi connectivity index (χ2v) is 6.55. The molecule has 1 saturated carbocycles. The third kappa shape index (κ3) is 6.10. The van der Waals surface area contributed by atoms with Crippen molar-refractivity contribution in [1.29, 1.82) is 0 Å². The van der Waals surface area contributed by atoms with E-state index in [2.05, 4.69) is 19.2 Å². The average Bonchev–Trinajstić information content (AvgIpc) is 2.35. The van der Waals surface area contributed by atoms with Crippen LogP contribution in [0.3, 0.4) is 0 Å². The van der Waals surface area contributed by atoms with Crippen LogP contribution in [0, 0.1) is 0 Å². The van der Waals surface area contributed by atoms with Gasteiger partial charge in [0.25, 0.3) is 0 Å². The van der Waals surface area contributed by atoms with Gasteiger partial charge in [-0.3, -0.25) is 4.79 Å². The van der Waals surface area contributed by atoms with Crippen LogP contribution in [0.15, 0.2) is 0 Å². The van der Waals surface area contributed by atoms with Crippen molar-refractivity contribution in [2.45, 2.75) is 70.2 Å². The molecule has 1 N–H and O–H groups in total. The molecule has 1 rings (SSSR count). The summed E-state index contributed by atoms with van der Waals surface area (Å²) in [5.74, 6) is 0.733. The van der Waals surface area contributed by atoms with Gasteiger partial charge >= 0.3 is 5.97 Å². The van der Waals surface area contributed by atoms with Crippen LogP contribution in [0.25, 0.3) is 0 Å². The molecule has 0 bridgehead atoms. The van der Waals surface area contributed by atoms with Crippen LogP contribution in [0.1, 0.15) is 52.9 Å². The van der Waals surface area contributed by atoms with Crippen molar-refractivity contribution in [3.63, 3.8) is 0 Å². The minimum Gasteiger partial charge on any atom is -0.465 e. The third-order valence-corrected chi connectivity index (χ3v) is 4.63. The summed E-state index contributed by atoms with van der Waals surface area (Å²) in [6.45, 7) is 6.46. The van der Waals surface area contributed by atoms with E-state index in [0.717, 1.165) is 11.0 Å². The smallest absolute Gasteiger partial charge is 0.323 e. The van der Waals surface area contributed by atoms with E-state index < -0.39 is 0 Å². The van der Waals surface area contributed by atoms with Crippen LogP contribution >= 0.6 is 11.8 Å². The molecule has 0 aromatic rings. The molecule has 1 aliphatic rings. The molecule has 1 atom stereocenters. The van der Waals surface area contributed by atoms with Crippen molar-refractivity contribution >= 4 is 17.7 Å². The lowest BCUT2D eigenvalue weighted by Gasteiger charge is -2.24. The SMILES string of the molecule is CCOC(=O)C(CSC1CCCCC1)NC(C)C. The second-order valence-electron chi connectivity index (χ2n) is 5.22. The zero-order chi connectivity index (χ0) is 13.4. The molecule has 0 saturated heterocycles. The highest BCUT2D eigenvalue weighted by Crippen LogP contribution is 2.28. The van der Waals surface area contributed by atoms with Gasteiger partial charge in [-0.05, 0) is 19.8 Å². The van der Waals surface area contributed by atoms with Crippen molar-refractivity contribution in [2.24, 2.45) is 0 Å². The number of rotatable bonds is 7. The Balaban J connectivity index is 2.36. The first-order chi connectivity index (χ1) is 8.63. The Morgan fingerprint density at radius 3 is 2.56 bits per heavy atom. The molecule has 0 spiro atoms. The summed E-state index contributed by atoms with van der Waals surface area (Å²) in [6, 6.07) is 0.156. The van der Waals surface area contributed by atoms with Gasteiger partial charge in [0.1, 0.15) is 6.04 Å². The maximum atomic E-state index is 11.9. The molecule has 0 radical (unpaired) electrons. The van der Waals surface area contributed by atoms with E-state index in [1.165, 1.54) is 32.1 Å². The molecule has 1 unspecified atom stereocenters. The van der Waals surface area contributed by atoms with Gasteiger partial charge in [-0.1, -0.05) is 33.1 Å². The Bertz CT molecular complexity index is 240. The molecular formula is C14H27NO2S. The van der Waals surface area contributed by atoms with Gasteiger partial charge in [-0.15, -0.1) is 0 Å². The van der Waals surface area contributed by atoms with E-state index in [-0.39, 0.29) is 12.0 Å². The Morgan fingerprint density at radius 1 is 1.33 bits per heavy atom. The number of esters is 1. The predicted molar refractivity (Wildman–Crippen MR) is 78.0 cm³/mol. The van der Waals surface area contributed by atoms with Crippen LogP contribution in [-0.4, -0.2) is 35.7 Å². The molecule has 1 fully saturated rings. The number of thioether (sulfide) groups is 1. The minimum absolute atomic E-state index is 0.102. The molecule has 0 aromatic carbocycles. The van der Waals surface area contributed by atoms with E-state index in [4.69, 9.17) is 4.74 Å². The quantitative estimate of drug-likeness (QED) is 0.724. The Labute approximate surface area is 115 Å². The summed E-state index contributed by atoms with van der Waals surface area (Å²) >= 11 is 1.94. The minimum atomic E-state index is -0.156.